The molecular formula is C20H22N4O4. The van der Waals surface area contributed by atoms with Crippen LogP contribution in [0.4, 0.5) is 10.6 Å². The van der Waals surface area contributed by atoms with E-state index in [0.717, 1.165) is 17.1 Å². The minimum Gasteiger partial charge on any atom is -0.490 e. The van der Waals surface area contributed by atoms with Gasteiger partial charge in [0, 0.05) is 25.2 Å². The normalized spacial score (nSPS) is 20.7. The van der Waals surface area contributed by atoms with E-state index in [9.17, 15) is 14.4 Å². The molecule has 1 aromatic heterocycles. The number of pyridine rings is 1. The average molecular weight is 382 g/mol. The van der Waals surface area contributed by atoms with E-state index in [1.54, 1.807) is 17.2 Å². The van der Waals surface area contributed by atoms with Gasteiger partial charge in [-0.1, -0.05) is 0 Å². The van der Waals surface area contributed by atoms with Crippen molar-refractivity contribution in [3.8, 4) is 5.75 Å². The fourth-order valence-corrected chi connectivity index (χ4v) is 3.76. The highest BCUT2D eigenvalue weighted by Crippen LogP contribution is 2.43. The van der Waals surface area contributed by atoms with Gasteiger partial charge in [-0.25, -0.2) is 9.78 Å². The van der Waals surface area contributed by atoms with Gasteiger partial charge in [0.15, 0.2) is 6.29 Å². The Morgan fingerprint density at radius 3 is 2.79 bits per heavy atom. The molecule has 1 atom stereocenters. The molecule has 0 radical (unpaired) electrons. The molecule has 28 heavy (non-hydrogen) atoms. The number of fused-ring (bicyclic) bond motifs is 2. The summed E-state index contributed by atoms with van der Waals surface area (Å²) in [5.74, 6) is 1.02. The van der Waals surface area contributed by atoms with Crippen molar-refractivity contribution in [3.63, 3.8) is 0 Å². The number of nitrogens with one attached hydrogen (secondary N) is 1. The molecule has 3 amide bonds. The number of anilines is 1. The summed E-state index contributed by atoms with van der Waals surface area (Å²) in [6, 6.07) is 5.20. The van der Waals surface area contributed by atoms with Crippen LogP contribution in [-0.4, -0.2) is 64.8 Å². The van der Waals surface area contributed by atoms with Crippen LogP contribution in [0.25, 0.3) is 10.8 Å². The van der Waals surface area contributed by atoms with Crippen LogP contribution in [0.1, 0.15) is 30.6 Å². The lowest BCUT2D eigenvalue weighted by Gasteiger charge is -2.15. The molecule has 3 heterocycles. The summed E-state index contributed by atoms with van der Waals surface area (Å²) in [5, 5.41) is 4.97. The summed E-state index contributed by atoms with van der Waals surface area (Å²) in [7, 11) is 1.51. The molecule has 2 aliphatic rings. The van der Waals surface area contributed by atoms with Gasteiger partial charge >= 0.3 is 6.03 Å². The summed E-state index contributed by atoms with van der Waals surface area (Å²) >= 11 is 0. The summed E-state index contributed by atoms with van der Waals surface area (Å²) in [6.07, 6.45) is 2.90. The SMILES string of the molecule is CC(C)Oc1cc2c(NCCC34CN3C(=O)N(C)C4=O)nccc2cc1C=O. The molecule has 8 nitrogen and oxygen atoms in total. The van der Waals surface area contributed by atoms with Gasteiger partial charge in [-0.2, -0.15) is 0 Å². The first-order chi connectivity index (χ1) is 13.4. The smallest absolute Gasteiger partial charge is 0.327 e. The van der Waals surface area contributed by atoms with E-state index in [1.165, 1.54) is 11.9 Å². The largest absolute Gasteiger partial charge is 0.490 e. The standard InChI is InChI=1S/C20H22N4O4/c1-12(2)28-16-9-15-13(8-14(16)10-25)4-6-21-17(15)22-7-5-20-11-24(20)19(27)23(3)18(20)26/h4,6,8-10,12H,5,7,11H2,1-3H3,(H,21,22). The minimum absolute atomic E-state index is 0.0629. The van der Waals surface area contributed by atoms with Gasteiger partial charge in [0.1, 0.15) is 17.1 Å². The van der Waals surface area contributed by atoms with E-state index < -0.39 is 5.54 Å². The molecule has 1 aromatic carbocycles. The third kappa shape index (κ3) is 2.76. The third-order valence-corrected chi connectivity index (χ3v) is 5.27. The second-order valence-electron chi connectivity index (χ2n) is 7.50. The van der Waals surface area contributed by atoms with E-state index in [-0.39, 0.29) is 18.0 Å². The number of likely N-dealkylation sites (N-methyl/N-ethyl adjacent to an activating group) is 1. The van der Waals surface area contributed by atoms with Crippen molar-refractivity contribution in [2.24, 2.45) is 0 Å². The molecule has 2 saturated heterocycles. The average Bonchev–Trinajstić information content (AvgIpc) is 3.37. The monoisotopic (exact) mass is 382 g/mol. The lowest BCUT2D eigenvalue weighted by molar-refractivity contribution is -0.128. The maximum absolute atomic E-state index is 12.3. The van der Waals surface area contributed by atoms with Crippen molar-refractivity contribution in [1.82, 2.24) is 14.8 Å². The van der Waals surface area contributed by atoms with Gasteiger partial charge in [-0.3, -0.25) is 14.5 Å². The molecular weight excluding hydrogens is 360 g/mol. The molecule has 1 unspecified atom stereocenters. The lowest BCUT2D eigenvalue weighted by Crippen LogP contribution is -2.35. The van der Waals surface area contributed by atoms with Crippen molar-refractivity contribution in [1.29, 1.82) is 0 Å². The molecule has 0 bridgehead atoms. The van der Waals surface area contributed by atoms with Crippen LogP contribution >= 0.6 is 0 Å². The van der Waals surface area contributed by atoms with Gasteiger partial charge in [0.25, 0.3) is 5.91 Å². The summed E-state index contributed by atoms with van der Waals surface area (Å²) in [5.41, 5.74) is -0.205. The Morgan fingerprint density at radius 1 is 1.36 bits per heavy atom. The van der Waals surface area contributed by atoms with Gasteiger partial charge in [-0.15, -0.1) is 0 Å². The Labute approximate surface area is 162 Å². The van der Waals surface area contributed by atoms with Crippen LogP contribution in [-0.2, 0) is 4.79 Å². The van der Waals surface area contributed by atoms with Crippen molar-refractivity contribution in [2.45, 2.75) is 31.9 Å². The van der Waals surface area contributed by atoms with Crippen LogP contribution in [0.3, 0.4) is 0 Å². The molecule has 0 saturated carbocycles. The Bertz CT molecular complexity index is 990. The van der Waals surface area contributed by atoms with E-state index in [1.807, 2.05) is 26.0 Å². The van der Waals surface area contributed by atoms with Gasteiger partial charge < -0.3 is 15.0 Å². The number of rotatable bonds is 7. The molecule has 8 heteroatoms. The zero-order valence-electron chi connectivity index (χ0n) is 16.1. The van der Waals surface area contributed by atoms with Crippen molar-refractivity contribution in [3.05, 3.63) is 30.0 Å². The number of imide groups is 1. The van der Waals surface area contributed by atoms with Crippen LogP contribution in [0, 0.1) is 0 Å². The first-order valence-corrected chi connectivity index (χ1v) is 9.25. The van der Waals surface area contributed by atoms with Gasteiger partial charge in [-0.05, 0) is 43.9 Å². The minimum atomic E-state index is -0.694. The van der Waals surface area contributed by atoms with E-state index >= 15 is 0 Å². The number of hydrogen-bond donors (Lipinski definition) is 1. The van der Waals surface area contributed by atoms with Crippen molar-refractivity contribution in [2.75, 3.05) is 25.5 Å². The summed E-state index contributed by atoms with van der Waals surface area (Å²) < 4.78 is 5.76. The summed E-state index contributed by atoms with van der Waals surface area (Å²) in [4.78, 5) is 42.8. The lowest BCUT2D eigenvalue weighted by atomic mass is 10.0. The second kappa shape index (κ2) is 6.47. The number of hydrogen-bond acceptors (Lipinski definition) is 6. The molecule has 1 N–H and O–H groups in total. The molecule has 0 spiro atoms. The maximum Gasteiger partial charge on any atom is 0.327 e. The number of nitrogens with zero attached hydrogens (tertiary/aromatic N) is 3. The highest BCUT2D eigenvalue weighted by atomic mass is 16.5. The Hall–Kier alpha value is -3.16. The topological polar surface area (TPSA) is 91.6 Å². The molecule has 4 rings (SSSR count). The number of ether oxygens (including phenoxy) is 1. The molecule has 0 aliphatic carbocycles. The highest BCUT2D eigenvalue weighted by Gasteiger charge is 2.68. The van der Waals surface area contributed by atoms with Crippen molar-refractivity contribution < 1.29 is 19.1 Å². The van der Waals surface area contributed by atoms with Crippen LogP contribution in [0.15, 0.2) is 24.4 Å². The maximum atomic E-state index is 12.3. The summed E-state index contributed by atoms with van der Waals surface area (Å²) in [6.45, 7) is 4.78. The number of carbonyl (C=O) groups excluding carboxylic acids is 3. The number of benzene rings is 1. The van der Waals surface area contributed by atoms with Crippen LogP contribution in [0.5, 0.6) is 5.75 Å². The Balaban J connectivity index is 1.55. The van der Waals surface area contributed by atoms with Crippen molar-refractivity contribution >= 4 is 34.8 Å². The first kappa shape index (κ1) is 18.2. The fraction of sp³-hybridized carbons (Fsp3) is 0.400. The third-order valence-electron chi connectivity index (χ3n) is 5.27. The molecule has 2 aliphatic heterocycles. The zero-order chi connectivity index (χ0) is 20.1. The number of aldehydes is 1. The van der Waals surface area contributed by atoms with Gasteiger partial charge in [0.05, 0.1) is 18.2 Å². The first-order valence-electron chi connectivity index (χ1n) is 9.25. The Morgan fingerprint density at radius 2 is 2.14 bits per heavy atom. The molecule has 2 fully saturated rings. The number of amides is 3. The second-order valence-corrected chi connectivity index (χ2v) is 7.50. The van der Waals surface area contributed by atoms with E-state index in [2.05, 4.69) is 10.3 Å². The molecule has 146 valence electrons. The van der Waals surface area contributed by atoms with Gasteiger partial charge in [0.2, 0.25) is 0 Å². The quantitative estimate of drug-likeness (QED) is 0.449. The number of aromatic nitrogens is 1. The predicted molar refractivity (Wildman–Crippen MR) is 104 cm³/mol. The zero-order valence-corrected chi connectivity index (χ0v) is 16.1. The highest BCUT2D eigenvalue weighted by molar-refractivity contribution is 6.11. The van der Waals surface area contributed by atoms with Crippen LogP contribution < -0.4 is 10.1 Å². The predicted octanol–water partition coefficient (Wildman–Crippen LogP) is 2.28. The van der Waals surface area contributed by atoms with E-state index in [4.69, 9.17) is 4.74 Å². The molecule has 2 aromatic rings. The number of carbonyl (C=O) groups is 3. The van der Waals surface area contributed by atoms with Crippen LogP contribution in [0.2, 0.25) is 0 Å². The Kier molecular flexibility index (Phi) is 4.21. The van der Waals surface area contributed by atoms with E-state index in [0.29, 0.717) is 36.6 Å². The fourth-order valence-electron chi connectivity index (χ4n) is 3.76. The number of urea groups is 1.